The SMILES string of the molecule is COCCC1CN(c2cc(C(F)(F)F)ccn2)CCO1. The highest BCUT2D eigenvalue weighted by Crippen LogP contribution is 2.31. The van der Waals surface area contributed by atoms with Gasteiger partial charge in [-0.15, -0.1) is 0 Å². The van der Waals surface area contributed by atoms with E-state index in [1.807, 2.05) is 4.90 Å². The van der Waals surface area contributed by atoms with Crippen LogP contribution in [0.5, 0.6) is 0 Å². The zero-order valence-corrected chi connectivity index (χ0v) is 11.2. The van der Waals surface area contributed by atoms with Gasteiger partial charge in [-0.05, 0) is 18.6 Å². The maximum Gasteiger partial charge on any atom is 0.416 e. The van der Waals surface area contributed by atoms with Crippen LogP contribution in [0.2, 0.25) is 0 Å². The number of pyridine rings is 1. The first-order valence-electron chi connectivity index (χ1n) is 6.39. The number of nitrogens with zero attached hydrogens (tertiary/aromatic N) is 2. The Morgan fingerprint density at radius 2 is 2.30 bits per heavy atom. The molecular formula is C13H17F3N2O2. The van der Waals surface area contributed by atoms with Gasteiger partial charge in [-0.25, -0.2) is 4.98 Å². The van der Waals surface area contributed by atoms with E-state index in [1.54, 1.807) is 7.11 Å². The van der Waals surface area contributed by atoms with Crippen LogP contribution >= 0.6 is 0 Å². The van der Waals surface area contributed by atoms with E-state index < -0.39 is 11.7 Å². The van der Waals surface area contributed by atoms with Crippen molar-refractivity contribution < 1.29 is 22.6 Å². The number of aromatic nitrogens is 1. The highest BCUT2D eigenvalue weighted by atomic mass is 19.4. The molecule has 0 saturated carbocycles. The minimum atomic E-state index is -4.35. The summed E-state index contributed by atoms with van der Waals surface area (Å²) in [7, 11) is 1.61. The summed E-state index contributed by atoms with van der Waals surface area (Å²) in [5.41, 5.74) is -0.678. The molecule has 0 radical (unpaired) electrons. The summed E-state index contributed by atoms with van der Waals surface area (Å²) < 4.78 is 48.6. The zero-order chi connectivity index (χ0) is 14.6. The third-order valence-electron chi connectivity index (χ3n) is 3.18. The molecule has 1 aliphatic rings. The fourth-order valence-corrected chi connectivity index (χ4v) is 2.12. The Hall–Kier alpha value is -1.34. The molecule has 112 valence electrons. The average Bonchev–Trinajstić information content (AvgIpc) is 2.45. The first-order chi connectivity index (χ1) is 9.50. The second kappa shape index (κ2) is 6.41. The molecule has 1 unspecified atom stereocenters. The van der Waals surface area contributed by atoms with Crippen LogP contribution in [0.3, 0.4) is 0 Å². The molecule has 2 rings (SSSR count). The molecule has 1 aliphatic heterocycles. The van der Waals surface area contributed by atoms with E-state index in [0.29, 0.717) is 38.5 Å². The maximum absolute atomic E-state index is 12.7. The van der Waals surface area contributed by atoms with Gasteiger partial charge in [0.15, 0.2) is 0 Å². The molecule has 1 saturated heterocycles. The van der Waals surface area contributed by atoms with Crippen LogP contribution in [0.15, 0.2) is 18.3 Å². The summed E-state index contributed by atoms with van der Waals surface area (Å²) in [5, 5.41) is 0. The fourth-order valence-electron chi connectivity index (χ4n) is 2.12. The molecule has 0 aromatic carbocycles. The Morgan fingerprint density at radius 3 is 3.00 bits per heavy atom. The molecule has 20 heavy (non-hydrogen) atoms. The lowest BCUT2D eigenvalue weighted by Gasteiger charge is -2.33. The molecule has 0 bridgehead atoms. The number of anilines is 1. The number of alkyl halides is 3. The lowest BCUT2D eigenvalue weighted by atomic mass is 10.2. The number of hydrogen-bond acceptors (Lipinski definition) is 4. The van der Waals surface area contributed by atoms with Gasteiger partial charge in [0, 0.05) is 33.0 Å². The third-order valence-corrected chi connectivity index (χ3v) is 3.18. The van der Waals surface area contributed by atoms with E-state index in [-0.39, 0.29) is 6.10 Å². The predicted molar refractivity (Wildman–Crippen MR) is 67.7 cm³/mol. The van der Waals surface area contributed by atoms with Gasteiger partial charge in [0.2, 0.25) is 0 Å². The Balaban J connectivity index is 2.07. The summed E-state index contributed by atoms with van der Waals surface area (Å²) in [6, 6.07) is 2.06. The average molecular weight is 290 g/mol. The minimum Gasteiger partial charge on any atom is -0.385 e. The number of hydrogen-bond donors (Lipinski definition) is 0. The van der Waals surface area contributed by atoms with Gasteiger partial charge in [0.1, 0.15) is 5.82 Å². The first-order valence-corrected chi connectivity index (χ1v) is 6.39. The third kappa shape index (κ3) is 3.83. The van der Waals surface area contributed by atoms with E-state index in [0.717, 1.165) is 12.1 Å². The second-order valence-electron chi connectivity index (χ2n) is 4.62. The van der Waals surface area contributed by atoms with Crippen molar-refractivity contribution in [1.82, 2.24) is 4.98 Å². The van der Waals surface area contributed by atoms with Gasteiger partial charge < -0.3 is 14.4 Å². The Bertz CT molecular complexity index is 440. The minimum absolute atomic E-state index is 0.0416. The van der Waals surface area contributed by atoms with Crippen LogP contribution in [-0.2, 0) is 15.7 Å². The van der Waals surface area contributed by atoms with E-state index >= 15 is 0 Å². The summed E-state index contributed by atoms with van der Waals surface area (Å²) in [5.74, 6) is 0.338. The number of methoxy groups -OCH3 is 1. The van der Waals surface area contributed by atoms with Crippen LogP contribution < -0.4 is 4.90 Å². The highest BCUT2D eigenvalue weighted by molar-refractivity contribution is 5.42. The standard InChI is InChI=1S/C13H17F3N2O2/c1-19-6-3-11-9-18(5-7-20-11)12-8-10(2-4-17-12)13(14,15)16/h2,4,8,11H,3,5-7,9H2,1H3. The van der Waals surface area contributed by atoms with Gasteiger partial charge in [0.05, 0.1) is 18.3 Å². The van der Waals surface area contributed by atoms with Gasteiger partial charge in [-0.1, -0.05) is 0 Å². The van der Waals surface area contributed by atoms with Crippen molar-refractivity contribution in [2.45, 2.75) is 18.7 Å². The highest BCUT2D eigenvalue weighted by Gasteiger charge is 2.31. The number of rotatable bonds is 4. The largest absolute Gasteiger partial charge is 0.416 e. The van der Waals surface area contributed by atoms with E-state index in [1.165, 1.54) is 6.20 Å². The first kappa shape index (κ1) is 15.1. The van der Waals surface area contributed by atoms with Crippen molar-refractivity contribution in [3.8, 4) is 0 Å². The molecule has 4 nitrogen and oxygen atoms in total. The van der Waals surface area contributed by atoms with Crippen LogP contribution in [0.1, 0.15) is 12.0 Å². The van der Waals surface area contributed by atoms with Gasteiger partial charge in [0.25, 0.3) is 0 Å². The number of morpholine rings is 1. The molecule has 1 aromatic heterocycles. The van der Waals surface area contributed by atoms with Crippen LogP contribution in [0.25, 0.3) is 0 Å². The van der Waals surface area contributed by atoms with Gasteiger partial charge in [-0.3, -0.25) is 0 Å². The van der Waals surface area contributed by atoms with Gasteiger partial charge >= 0.3 is 6.18 Å². The summed E-state index contributed by atoms with van der Waals surface area (Å²) in [6.45, 7) is 2.11. The van der Waals surface area contributed by atoms with Crippen molar-refractivity contribution in [3.05, 3.63) is 23.9 Å². The maximum atomic E-state index is 12.7. The van der Waals surface area contributed by atoms with Crippen molar-refractivity contribution in [2.75, 3.05) is 38.3 Å². The van der Waals surface area contributed by atoms with Crippen molar-refractivity contribution in [2.24, 2.45) is 0 Å². The van der Waals surface area contributed by atoms with Crippen LogP contribution in [-0.4, -0.2) is 44.5 Å². The van der Waals surface area contributed by atoms with E-state index in [4.69, 9.17) is 9.47 Å². The monoisotopic (exact) mass is 290 g/mol. The molecule has 2 heterocycles. The molecule has 0 aliphatic carbocycles. The van der Waals surface area contributed by atoms with E-state index in [2.05, 4.69) is 4.98 Å². The van der Waals surface area contributed by atoms with E-state index in [9.17, 15) is 13.2 Å². The number of ether oxygens (including phenoxy) is 2. The van der Waals surface area contributed by atoms with Crippen molar-refractivity contribution >= 4 is 5.82 Å². The molecular weight excluding hydrogens is 273 g/mol. The Morgan fingerprint density at radius 1 is 1.50 bits per heavy atom. The van der Waals surface area contributed by atoms with Crippen molar-refractivity contribution in [1.29, 1.82) is 0 Å². The molecule has 0 amide bonds. The fraction of sp³-hybridized carbons (Fsp3) is 0.615. The lowest BCUT2D eigenvalue weighted by molar-refractivity contribution is -0.137. The molecule has 0 N–H and O–H groups in total. The molecule has 1 aromatic rings. The zero-order valence-electron chi connectivity index (χ0n) is 11.2. The summed E-state index contributed by atoms with van der Waals surface area (Å²) >= 11 is 0. The van der Waals surface area contributed by atoms with Crippen molar-refractivity contribution in [3.63, 3.8) is 0 Å². The Labute approximate surface area is 115 Å². The topological polar surface area (TPSA) is 34.6 Å². The molecule has 1 fully saturated rings. The van der Waals surface area contributed by atoms with Gasteiger partial charge in [-0.2, -0.15) is 13.2 Å². The van der Waals surface area contributed by atoms with Crippen LogP contribution in [0.4, 0.5) is 19.0 Å². The summed E-state index contributed by atoms with van der Waals surface area (Å²) in [4.78, 5) is 5.85. The normalized spacial score (nSPS) is 20.2. The smallest absolute Gasteiger partial charge is 0.385 e. The lowest BCUT2D eigenvalue weighted by Crippen LogP contribution is -2.43. The molecule has 7 heteroatoms. The predicted octanol–water partition coefficient (Wildman–Crippen LogP) is 2.34. The molecule has 0 spiro atoms. The number of halogens is 3. The Kier molecular flexibility index (Phi) is 4.82. The molecule has 1 atom stereocenters. The quantitative estimate of drug-likeness (QED) is 0.852. The summed E-state index contributed by atoms with van der Waals surface area (Å²) in [6.07, 6.45) is -2.48. The van der Waals surface area contributed by atoms with Crippen LogP contribution in [0, 0.1) is 0 Å². The second-order valence-corrected chi connectivity index (χ2v) is 4.62.